The van der Waals surface area contributed by atoms with Crippen LogP contribution in [0.3, 0.4) is 0 Å². The van der Waals surface area contributed by atoms with Crippen LogP contribution in [0.4, 0.5) is 0 Å². The van der Waals surface area contributed by atoms with Gasteiger partial charge in [0.05, 0.1) is 0 Å². The minimum Gasteiger partial charge on any atom is -0.484 e. The third-order valence-corrected chi connectivity index (χ3v) is 2.90. The molecule has 2 N–H and O–H groups in total. The average Bonchev–Trinajstić information content (AvgIpc) is 2.41. The highest BCUT2D eigenvalue weighted by molar-refractivity contribution is 5.36. The van der Waals surface area contributed by atoms with Crippen molar-refractivity contribution in [2.24, 2.45) is 5.73 Å². The number of pyridine rings is 1. The maximum absolute atomic E-state index is 6.01. The lowest BCUT2D eigenvalue weighted by Crippen LogP contribution is -2.18. The molecule has 1 aromatic heterocycles. The molecular formula is C15H18N2O. The molecule has 0 radical (unpaired) electrons. The first-order chi connectivity index (χ1) is 8.70. The Balaban J connectivity index is 2.23. The molecular weight excluding hydrogens is 224 g/mol. The van der Waals surface area contributed by atoms with Gasteiger partial charge < -0.3 is 10.5 Å². The van der Waals surface area contributed by atoms with E-state index in [0.29, 0.717) is 6.54 Å². The third-order valence-electron chi connectivity index (χ3n) is 2.90. The molecule has 3 nitrogen and oxygen atoms in total. The first kappa shape index (κ1) is 12.6. The molecule has 0 saturated carbocycles. The van der Waals surface area contributed by atoms with E-state index in [4.69, 9.17) is 10.5 Å². The van der Waals surface area contributed by atoms with Crippen molar-refractivity contribution in [3.63, 3.8) is 0 Å². The Kier molecular flexibility index (Phi) is 3.95. The molecule has 1 heterocycles. The predicted octanol–water partition coefficient (Wildman–Crippen LogP) is 2.78. The summed E-state index contributed by atoms with van der Waals surface area (Å²) in [6.07, 6.45) is 3.38. The van der Waals surface area contributed by atoms with Gasteiger partial charge in [-0.25, -0.2) is 0 Å². The highest BCUT2D eigenvalue weighted by Crippen LogP contribution is 2.25. The Labute approximate surface area is 108 Å². The molecule has 1 aromatic carbocycles. The second-order valence-corrected chi connectivity index (χ2v) is 4.39. The first-order valence-electron chi connectivity index (χ1n) is 6.04. The molecule has 1 atom stereocenters. The van der Waals surface area contributed by atoms with Crippen molar-refractivity contribution in [1.82, 2.24) is 4.98 Å². The number of nitrogens with zero attached hydrogens (tertiary/aromatic N) is 1. The Morgan fingerprint density at radius 3 is 2.56 bits per heavy atom. The van der Waals surface area contributed by atoms with E-state index in [1.54, 1.807) is 12.4 Å². The molecule has 0 fully saturated rings. The monoisotopic (exact) mass is 242 g/mol. The largest absolute Gasteiger partial charge is 0.484 e. The summed E-state index contributed by atoms with van der Waals surface area (Å²) in [7, 11) is 0. The fourth-order valence-corrected chi connectivity index (χ4v) is 1.82. The quantitative estimate of drug-likeness (QED) is 0.896. The number of rotatable bonds is 4. The molecule has 0 bridgehead atoms. The van der Waals surface area contributed by atoms with Gasteiger partial charge in [0.1, 0.15) is 11.9 Å². The highest BCUT2D eigenvalue weighted by atomic mass is 16.5. The van der Waals surface area contributed by atoms with Crippen molar-refractivity contribution in [2.45, 2.75) is 20.0 Å². The summed E-state index contributed by atoms with van der Waals surface area (Å²) in [6, 6.07) is 10.0. The molecule has 2 aromatic rings. The fourth-order valence-electron chi connectivity index (χ4n) is 1.82. The van der Waals surface area contributed by atoms with E-state index in [1.165, 1.54) is 5.56 Å². The summed E-state index contributed by atoms with van der Waals surface area (Å²) in [5, 5.41) is 0. The average molecular weight is 242 g/mol. The lowest BCUT2D eigenvalue weighted by atomic mass is 10.1. The molecule has 0 aliphatic carbocycles. The van der Waals surface area contributed by atoms with E-state index >= 15 is 0 Å². The predicted molar refractivity (Wildman–Crippen MR) is 72.6 cm³/mol. The van der Waals surface area contributed by atoms with Crippen LogP contribution >= 0.6 is 0 Å². The molecule has 0 aliphatic rings. The van der Waals surface area contributed by atoms with Crippen LogP contribution in [0, 0.1) is 13.8 Å². The van der Waals surface area contributed by atoms with E-state index in [-0.39, 0.29) is 6.10 Å². The molecule has 2 rings (SSSR count). The minimum atomic E-state index is -0.131. The van der Waals surface area contributed by atoms with Crippen LogP contribution in [-0.4, -0.2) is 11.5 Å². The number of nitrogens with two attached hydrogens (primary N) is 1. The Morgan fingerprint density at radius 2 is 1.89 bits per heavy atom. The van der Waals surface area contributed by atoms with Gasteiger partial charge in [-0.2, -0.15) is 0 Å². The fraction of sp³-hybridized carbons (Fsp3) is 0.267. The number of hydrogen-bond donors (Lipinski definition) is 1. The zero-order valence-electron chi connectivity index (χ0n) is 10.8. The summed E-state index contributed by atoms with van der Waals surface area (Å²) in [5.74, 6) is 0.891. The van der Waals surface area contributed by atoms with Crippen LogP contribution in [0.2, 0.25) is 0 Å². The topological polar surface area (TPSA) is 48.1 Å². The van der Waals surface area contributed by atoms with Crippen molar-refractivity contribution in [3.8, 4) is 5.75 Å². The lowest BCUT2D eigenvalue weighted by molar-refractivity contribution is 0.212. The van der Waals surface area contributed by atoms with Crippen LogP contribution in [0.5, 0.6) is 5.75 Å². The molecule has 0 spiro atoms. The van der Waals surface area contributed by atoms with Gasteiger partial charge >= 0.3 is 0 Å². The van der Waals surface area contributed by atoms with Gasteiger partial charge in [0, 0.05) is 18.9 Å². The Bertz CT molecular complexity index is 511. The van der Waals surface area contributed by atoms with Crippen LogP contribution in [0.1, 0.15) is 22.8 Å². The molecule has 0 aliphatic heterocycles. The summed E-state index contributed by atoms with van der Waals surface area (Å²) >= 11 is 0. The molecule has 94 valence electrons. The number of benzene rings is 1. The van der Waals surface area contributed by atoms with Gasteiger partial charge in [-0.1, -0.05) is 12.1 Å². The van der Waals surface area contributed by atoms with Gasteiger partial charge in [-0.3, -0.25) is 4.98 Å². The molecule has 18 heavy (non-hydrogen) atoms. The van der Waals surface area contributed by atoms with Crippen molar-refractivity contribution in [2.75, 3.05) is 6.54 Å². The van der Waals surface area contributed by atoms with Gasteiger partial charge in [-0.05, 0) is 48.7 Å². The van der Waals surface area contributed by atoms with E-state index in [0.717, 1.165) is 16.9 Å². The lowest BCUT2D eigenvalue weighted by Gasteiger charge is -2.19. The Hall–Kier alpha value is -1.87. The highest BCUT2D eigenvalue weighted by Gasteiger charge is 2.12. The number of aromatic nitrogens is 1. The van der Waals surface area contributed by atoms with E-state index in [2.05, 4.69) is 24.0 Å². The number of aryl methyl sites for hydroxylation is 2. The van der Waals surface area contributed by atoms with E-state index in [9.17, 15) is 0 Å². The van der Waals surface area contributed by atoms with Gasteiger partial charge in [-0.15, -0.1) is 0 Å². The van der Waals surface area contributed by atoms with Crippen LogP contribution in [0.15, 0.2) is 42.7 Å². The number of ether oxygens (including phenoxy) is 1. The van der Waals surface area contributed by atoms with Crippen LogP contribution in [0.25, 0.3) is 0 Å². The third kappa shape index (κ3) is 2.87. The summed E-state index contributed by atoms with van der Waals surface area (Å²) in [6.45, 7) is 4.53. The maximum Gasteiger partial charge on any atom is 0.136 e. The SMILES string of the molecule is Cc1ccc(C)c(OC(CN)c2ccncc2)c1. The zero-order valence-corrected chi connectivity index (χ0v) is 10.8. The van der Waals surface area contributed by atoms with Gasteiger partial charge in [0.2, 0.25) is 0 Å². The normalized spacial score (nSPS) is 12.2. The standard InChI is InChI=1S/C15H18N2O/c1-11-3-4-12(2)14(9-11)18-15(10-16)13-5-7-17-8-6-13/h3-9,15H,10,16H2,1-2H3. The van der Waals surface area contributed by atoms with Gasteiger partial charge in [0.15, 0.2) is 0 Å². The smallest absolute Gasteiger partial charge is 0.136 e. The van der Waals surface area contributed by atoms with Crippen molar-refractivity contribution >= 4 is 0 Å². The van der Waals surface area contributed by atoms with Gasteiger partial charge in [0.25, 0.3) is 0 Å². The minimum absolute atomic E-state index is 0.131. The Morgan fingerprint density at radius 1 is 1.17 bits per heavy atom. The van der Waals surface area contributed by atoms with Crippen molar-refractivity contribution < 1.29 is 4.74 Å². The second kappa shape index (κ2) is 5.65. The molecule has 3 heteroatoms. The van der Waals surface area contributed by atoms with Crippen molar-refractivity contribution in [3.05, 3.63) is 59.4 Å². The summed E-state index contributed by atoms with van der Waals surface area (Å²) < 4.78 is 6.01. The maximum atomic E-state index is 6.01. The van der Waals surface area contributed by atoms with E-state index < -0.39 is 0 Å². The summed E-state index contributed by atoms with van der Waals surface area (Å²) in [4.78, 5) is 4.00. The first-order valence-corrected chi connectivity index (χ1v) is 6.04. The molecule has 0 amide bonds. The van der Waals surface area contributed by atoms with Crippen LogP contribution in [-0.2, 0) is 0 Å². The second-order valence-electron chi connectivity index (χ2n) is 4.39. The zero-order chi connectivity index (χ0) is 13.0. The van der Waals surface area contributed by atoms with Crippen molar-refractivity contribution in [1.29, 1.82) is 0 Å². The number of hydrogen-bond acceptors (Lipinski definition) is 3. The summed E-state index contributed by atoms with van der Waals surface area (Å²) in [5.41, 5.74) is 9.14. The van der Waals surface area contributed by atoms with E-state index in [1.807, 2.05) is 25.1 Å². The van der Waals surface area contributed by atoms with Crippen LogP contribution < -0.4 is 10.5 Å². The molecule has 1 unspecified atom stereocenters. The molecule has 0 saturated heterocycles.